The second kappa shape index (κ2) is 8.12. The van der Waals surface area contributed by atoms with Gasteiger partial charge in [-0.2, -0.15) is 0 Å². The lowest BCUT2D eigenvalue weighted by atomic mass is 10.1. The topological polar surface area (TPSA) is 40.7 Å². The Morgan fingerprint density at radius 2 is 1.96 bits per heavy atom. The number of pyridine rings is 1. The fraction of sp³-hybridized carbons (Fsp3) is 0.0909. The number of nitrogens with one attached hydrogen (secondary N) is 2. The minimum atomic E-state index is -0.265. The number of rotatable bonds is 5. The van der Waals surface area contributed by atoms with Crippen LogP contribution < -0.4 is 5.32 Å². The van der Waals surface area contributed by atoms with Gasteiger partial charge in [-0.1, -0.05) is 48.3 Å². The first-order valence-electron chi connectivity index (χ1n) is 8.83. The van der Waals surface area contributed by atoms with Crippen molar-refractivity contribution in [3.05, 3.63) is 78.8 Å². The third-order valence-electron chi connectivity index (χ3n) is 4.41. The van der Waals surface area contributed by atoms with Crippen LogP contribution in [0.3, 0.4) is 0 Å². The number of H-pyrrole nitrogens is 1. The fourth-order valence-electron chi connectivity index (χ4n) is 3.15. The van der Waals surface area contributed by atoms with Gasteiger partial charge in [0.25, 0.3) is 0 Å². The average Bonchev–Trinajstić information content (AvgIpc) is 3.09. The van der Waals surface area contributed by atoms with Crippen molar-refractivity contribution in [2.24, 2.45) is 0 Å². The molecule has 0 saturated heterocycles. The third-order valence-corrected chi connectivity index (χ3v) is 5.72. The smallest absolute Gasteiger partial charge is 0.134 e. The van der Waals surface area contributed by atoms with Gasteiger partial charge in [0.05, 0.1) is 23.4 Å². The molecule has 6 heteroatoms. The minimum absolute atomic E-state index is 0.265. The van der Waals surface area contributed by atoms with Crippen LogP contribution in [0, 0.1) is 5.82 Å². The molecule has 0 spiro atoms. The maximum absolute atomic E-state index is 13.4. The Balaban J connectivity index is 1.80. The van der Waals surface area contributed by atoms with Crippen molar-refractivity contribution in [2.45, 2.75) is 6.54 Å². The molecule has 0 aliphatic heterocycles. The number of para-hydroxylation sites is 1. The van der Waals surface area contributed by atoms with E-state index in [9.17, 15) is 4.39 Å². The number of thiocarbonyl (C=S) groups is 1. The zero-order valence-corrected chi connectivity index (χ0v) is 16.7. The Kier molecular flexibility index (Phi) is 5.41. The number of nitrogens with zero attached hydrogens (tertiary/aromatic N) is 1. The van der Waals surface area contributed by atoms with Crippen molar-refractivity contribution in [3.8, 4) is 11.3 Å². The number of hydrogen-bond acceptors (Lipinski definition) is 3. The minimum Gasteiger partial charge on any atom is -0.365 e. The van der Waals surface area contributed by atoms with E-state index in [1.54, 1.807) is 12.1 Å². The van der Waals surface area contributed by atoms with Gasteiger partial charge in [0, 0.05) is 27.6 Å². The van der Waals surface area contributed by atoms with E-state index < -0.39 is 0 Å². The Morgan fingerprint density at radius 1 is 1.18 bits per heavy atom. The predicted octanol–water partition coefficient (Wildman–Crippen LogP) is 5.82. The summed E-state index contributed by atoms with van der Waals surface area (Å²) in [6, 6.07) is 16.7. The molecule has 0 aliphatic rings. The summed E-state index contributed by atoms with van der Waals surface area (Å²) in [7, 11) is 0. The monoisotopic (exact) mass is 407 g/mol. The number of halogens is 1. The molecule has 3 nitrogen and oxygen atoms in total. The highest BCUT2D eigenvalue weighted by atomic mass is 32.2. The van der Waals surface area contributed by atoms with Crippen LogP contribution in [-0.4, -0.2) is 20.0 Å². The first kappa shape index (κ1) is 18.7. The van der Waals surface area contributed by atoms with Crippen molar-refractivity contribution in [3.63, 3.8) is 0 Å². The van der Waals surface area contributed by atoms with Crippen molar-refractivity contribution in [1.82, 2.24) is 15.3 Å². The van der Waals surface area contributed by atoms with E-state index in [0.717, 1.165) is 44.5 Å². The molecule has 2 heterocycles. The zero-order valence-electron chi connectivity index (χ0n) is 15.0. The Labute approximate surface area is 172 Å². The molecule has 0 fully saturated rings. The second-order valence-corrected chi connectivity index (χ2v) is 8.00. The van der Waals surface area contributed by atoms with Crippen molar-refractivity contribution in [2.75, 3.05) is 5.75 Å². The van der Waals surface area contributed by atoms with E-state index in [1.165, 1.54) is 23.9 Å². The summed E-state index contributed by atoms with van der Waals surface area (Å²) in [6.07, 6.45) is 1.82. The van der Waals surface area contributed by atoms with E-state index in [-0.39, 0.29) is 5.82 Å². The van der Waals surface area contributed by atoms with Crippen LogP contribution in [0.1, 0.15) is 5.69 Å². The van der Waals surface area contributed by atoms with Gasteiger partial charge in [0.2, 0.25) is 0 Å². The molecule has 28 heavy (non-hydrogen) atoms. The van der Waals surface area contributed by atoms with Gasteiger partial charge >= 0.3 is 0 Å². The second-order valence-electron chi connectivity index (χ2n) is 6.30. The Hall–Kier alpha value is -2.70. The molecule has 0 unspecified atom stereocenters. The molecular formula is C22H18FN3S2. The van der Waals surface area contributed by atoms with Gasteiger partial charge < -0.3 is 10.3 Å². The van der Waals surface area contributed by atoms with Crippen molar-refractivity contribution >= 4 is 50.1 Å². The quantitative estimate of drug-likeness (QED) is 0.323. The molecule has 2 N–H and O–H groups in total. The standard InChI is InChI=1S/C22H18FN3S2/c1-2-11-28-22(27)24-13-16-12-18-17-5-3-4-6-19(17)26-21(18)20(25-16)14-7-9-15(23)10-8-14/h2-10,12,26H,1,11,13H2,(H,24,27). The summed E-state index contributed by atoms with van der Waals surface area (Å²) < 4.78 is 14.1. The molecule has 0 amide bonds. The molecule has 0 saturated carbocycles. The molecular weight excluding hydrogens is 389 g/mol. The van der Waals surface area contributed by atoms with Crippen LogP contribution in [0.4, 0.5) is 4.39 Å². The summed E-state index contributed by atoms with van der Waals surface area (Å²) in [4.78, 5) is 8.31. The molecule has 2 aromatic carbocycles. The van der Waals surface area contributed by atoms with Gasteiger partial charge in [-0.3, -0.25) is 0 Å². The van der Waals surface area contributed by atoms with Crippen LogP contribution in [-0.2, 0) is 6.54 Å². The maximum Gasteiger partial charge on any atom is 0.134 e. The highest BCUT2D eigenvalue weighted by Crippen LogP contribution is 2.32. The number of hydrogen-bond donors (Lipinski definition) is 2. The summed E-state index contributed by atoms with van der Waals surface area (Å²) in [5.41, 5.74) is 4.53. The highest BCUT2D eigenvalue weighted by molar-refractivity contribution is 8.23. The van der Waals surface area contributed by atoms with E-state index in [1.807, 2.05) is 24.3 Å². The number of benzene rings is 2. The van der Waals surface area contributed by atoms with Gasteiger partial charge in [0.1, 0.15) is 10.1 Å². The summed E-state index contributed by atoms with van der Waals surface area (Å²) in [5.74, 6) is 0.501. The van der Waals surface area contributed by atoms with Crippen molar-refractivity contribution < 1.29 is 4.39 Å². The Bertz CT molecular complexity index is 1170. The first-order valence-corrected chi connectivity index (χ1v) is 10.2. The first-order chi connectivity index (χ1) is 13.7. The molecule has 140 valence electrons. The number of fused-ring (bicyclic) bond motifs is 3. The average molecular weight is 408 g/mol. The van der Waals surface area contributed by atoms with E-state index in [0.29, 0.717) is 10.9 Å². The molecule has 0 atom stereocenters. The number of aromatic amines is 1. The highest BCUT2D eigenvalue weighted by Gasteiger charge is 2.13. The van der Waals surface area contributed by atoms with Crippen LogP contribution in [0.2, 0.25) is 0 Å². The molecule has 0 aliphatic carbocycles. The van der Waals surface area contributed by atoms with E-state index in [2.05, 4.69) is 29.0 Å². The van der Waals surface area contributed by atoms with Crippen LogP contribution in [0.15, 0.2) is 67.3 Å². The fourth-order valence-corrected chi connectivity index (χ4v) is 3.87. The van der Waals surface area contributed by atoms with Crippen LogP contribution in [0.5, 0.6) is 0 Å². The predicted molar refractivity (Wildman–Crippen MR) is 121 cm³/mol. The van der Waals surface area contributed by atoms with Gasteiger partial charge in [-0.15, -0.1) is 6.58 Å². The number of thioether (sulfide) groups is 1. The van der Waals surface area contributed by atoms with E-state index in [4.69, 9.17) is 17.2 Å². The van der Waals surface area contributed by atoms with Gasteiger partial charge in [-0.05, 0) is 36.4 Å². The maximum atomic E-state index is 13.4. The lowest BCUT2D eigenvalue weighted by Gasteiger charge is -2.10. The van der Waals surface area contributed by atoms with E-state index >= 15 is 0 Å². The molecule has 4 rings (SSSR count). The summed E-state index contributed by atoms with van der Waals surface area (Å²) in [5, 5.41) is 5.46. The molecule has 0 bridgehead atoms. The normalized spacial score (nSPS) is 11.0. The van der Waals surface area contributed by atoms with Gasteiger partial charge in [0.15, 0.2) is 0 Å². The lowest BCUT2D eigenvalue weighted by molar-refractivity contribution is 0.628. The molecule has 4 aromatic rings. The Morgan fingerprint density at radius 3 is 2.75 bits per heavy atom. The van der Waals surface area contributed by atoms with Gasteiger partial charge in [-0.25, -0.2) is 9.37 Å². The van der Waals surface area contributed by atoms with Crippen LogP contribution >= 0.6 is 24.0 Å². The largest absolute Gasteiger partial charge is 0.365 e. The SMILES string of the molecule is C=CCSC(=S)NCc1cc2c([nH]c3ccccc32)c(-c2ccc(F)cc2)n1. The molecule has 2 aromatic heterocycles. The molecule has 0 radical (unpaired) electrons. The summed E-state index contributed by atoms with van der Waals surface area (Å²) >= 11 is 6.88. The van der Waals surface area contributed by atoms with Crippen LogP contribution in [0.25, 0.3) is 33.1 Å². The summed E-state index contributed by atoms with van der Waals surface area (Å²) in [6.45, 7) is 4.23. The number of aromatic nitrogens is 2. The van der Waals surface area contributed by atoms with Crippen molar-refractivity contribution in [1.29, 1.82) is 0 Å². The third kappa shape index (κ3) is 3.79. The zero-order chi connectivity index (χ0) is 19.5. The lowest BCUT2D eigenvalue weighted by Crippen LogP contribution is -2.18.